The minimum atomic E-state index is -0.284. The van der Waals surface area contributed by atoms with Crippen LogP contribution in [0.3, 0.4) is 0 Å². The van der Waals surface area contributed by atoms with Gasteiger partial charge < -0.3 is 15.4 Å². The molecule has 0 radical (unpaired) electrons. The van der Waals surface area contributed by atoms with Crippen LogP contribution in [0.15, 0.2) is 22.7 Å². The Bertz CT molecular complexity index is 447. The molecule has 5 heteroatoms. The van der Waals surface area contributed by atoms with Crippen molar-refractivity contribution in [2.24, 2.45) is 0 Å². The van der Waals surface area contributed by atoms with Gasteiger partial charge in [-0.1, -0.05) is 15.9 Å². The standard InChI is InChI=1S/C13H17BrN2O2/c1-8(13(17)16-10-4-5-10)15-11-7-9(14)3-6-12(11)18-2/h3,6-8,10,15H,4-5H2,1-2H3,(H,16,17). The fraction of sp³-hybridized carbons (Fsp3) is 0.462. The van der Waals surface area contributed by atoms with Gasteiger partial charge in [0.1, 0.15) is 11.8 Å². The number of hydrogen-bond donors (Lipinski definition) is 2. The van der Waals surface area contributed by atoms with E-state index in [0.29, 0.717) is 6.04 Å². The smallest absolute Gasteiger partial charge is 0.242 e. The molecular formula is C13H17BrN2O2. The second-order valence-electron chi connectivity index (χ2n) is 4.49. The summed E-state index contributed by atoms with van der Waals surface area (Å²) in [5, 5.41) is 6.14. The van der Waals surface area contributed by atoms with Gasteiger partial charge in [-0.25, -0.2) is 0 Å². The van der Waals surface area contributed by atoms with Crippen LogP contribution in [-0.2, 0) is 4.79 Å². The highest BCUT2D eigenvalue weighted by Crippen LogP contribution is 2.28. The molecule has 98 valence electrons. The predicted octanol–water partition coefficient (Wildman–Crippen LogP) is 2.54. The van der Waals surface area contributed by atoms with Crippen LogP contribution < -0.4 is 15.4 Å². The number of nitrogens with one attached hydrogen (secondary N) is 2. The summed E-state index contributed by atoms with van der Waals surface area (Å²) in [7, 11) is 1.61. The molecule has 1 amide bonds. The average molecular weight is 313 g/mol. The number of benzene rings is 1. The predicted molar refractivity (Wildman–Crippen MR) is 74.9 cm³/mol. The second-order valence-corrected chi connectivity index (χ2v) is 5.41. The molecule has 1 aromatic carbocycles. The molecule has 0 bridgehead atoms. The molecule has 0 aromatic heterocycles. The number of rotatable bonds is 5. The summed E-state index contributed by atoms with van der Waals surface area (Å²) in [6, 6.07) is 5.76. The SMILES string of the molecule is COc1ccc(Br)cc1NC(C)C(=O)NC1CC1. The maximum Gasteiger partial charge on any atom is 0.242 e. The van der Waals surface area contributed by atoms with Gasteiger partial charge in [-0.2, -0.15) is 0 Å². The van der Waals surface area contributed by atoms with Crippen molar-refractivity contribution in [1.82, 2.24) is 5.32 Å². The molecule has 1 atom stereocenters. The third kappa shape index (κ3) is 3.38. The van der Waals surface area contributed by atoms with Crippen molar-refractivity contribution in [3.63, 3.8) is 0 Å². The third-order valence-electron chi connectivity index (χ3n) is 2.85. The minimum Gasteiger partial charge on any atom is -0.495 e. The normalized spacial score (nSPS) is 15.9. The van der Waals surface area contributed by atoms with Gasteiger partial charge in [-0.3, -0.25) is 4.79 Å². The lowest BCUT2D eigenvalue weighted by Crippen LogP contribution is -2.38. The topological polar surface area (TPSA) is 50.4 Å². The van der Waals surface area contributed by atoms with Crippen LogP contribution in [0.1, 0.15) is 19.8 Å². The first-order valence-electron chi connectivity index (χ1n) is 6.00. The monoisotopic (exact) mass is 312 g/mol. The van der Waals surface area contributed by atoms with Crippen molar-refractivity contribution in [3.05, 3.63) is 22.7 Å². The first-order valence-corrected chi connectivity index (χ1v) is 6.80. The number of anilines is 1. The molecule has 2 N–H and O–H groups in total. The molecule has 2 rings (SSSR count). The van der Waals surface area contributed by atoms with Crippen molar-refractivity contribution < 1.29 is 9.53 Å². The number of amides is 1. The Labute approximate surface area is 115 Å². The van der Waals surface area contributed by atoms with E-state index < -0.39 is 0 Å². The first-order chi connectivity index (χ1) is 8.60. The van der Waals surface area contributed by atoms with Crippen molar-refractivity contribution in [3.8, 4) is 5.75 Å². The van der Waals surface area contributed by atoms with E-state index in [1.54, 1.807) is 7.11 Å². The van der Waals surface area contributed by atoms with Gasteiger partial charge in [-0.15, -0.1) is 0 Å². The lowest BCUT2D eigenvalue weighted by Gasteiger charge is -2.17. The number of ether oxygens (including phenoxy) is 1. The van der Waals surface area contributed by atoms with E-state index >= 15 is 0 Å². The van der Waals surface area contributed by atoms with Crippen LogP contribution in [-0.4, -0.2) is 25.1 Å². The summed E-state index contributed by atoms with van der Waals surface area (Å²) in [5.74, 6) is 0.754. The molecule has 1 aliphatic carbocycles. The lowest BCUT2D eigenvalue weighted by atomic mass is 10.2. The Kier molecular flexibility index (Phi) is 4.11. The molecule has 0 saturated heterocycles. The van der Waals surface area contributed by atoms with E-state index in [9.17, 15) is 4.79 Å². The molecule has 1 aliphatic rings. The van der Waals surface area contributed by atoms with Crippen molar-refractivity contribution in [2.75, 3.05) is 12.4 Å². The zero-order chi connectivity index (χ0) is 13.1. The number of carbonyl (C=O) groups is 1. The van der Waals surface area contributed by atoms with E-state index in [0.717, 1.165) is 28.8 Å². The Morgan fingerprint density at radius 3 is 2.83 bits per heavy atom. The van der Waals surface area contributed by atoms with E-state index in [-0.39, 0.29) is 11.9 Å². The van der Waals surface area contributed by atoms with Crippen LogP contribution in [0, 0.1) is 0 Å². The second kappa shape index (κ2) is 5.61. The summed E-state index contributed by atoms with van der Waals surface area (Å²) < 4.78 is 6.20. The third-order valence-corrected chi connectivity index (χ3v) is 3.34. The van der Waals surface area contributed by atoms with E-state index in [4.69, 9.17) is 4.74 Å². The van der Waals surface area contributed by atoms with Crippen molar-refractivity contribution >= 4 is 27.5 Å². The summed E-state index contributed by atoms with van der Waals surface area (Å²) in [5.41, 5.74) is 0.810. The number of carbonyl (C=O) groups excluding carboxylic acids is 1. The average Bonchev–Trinajstić information content (AvgIpc) is 3.13. The molecule has 1 saturated carbocycles. The van der Waals surface area contributed by atoms with Crippen LogP contribution in [0.5, 0.6) is 5.75 Å². The molecule has 0 heterocycles. The van der Waals surface area contributed by atoms with Gasteiger partial charge >= 0.3 is 0 Å². The summed E-state index contributed by atoms with van der Waals surface area (Å²) in [4.78, 5) is 11.9. The molecule has 1 unspecified atom stereocenters. The summed E-state index contributed by atoms with van der Waals surface area (Å²) in [6.45, 7) is 1.85. The fourth-order valence-electron chi connectivity index (χ4n) is 1.65. The molecule has 1 aromatic rings. The van der Waals surface area contributed by atoms with Gasteiger partial charge in [-0.05, 0) is 38.0 Å². The molecule has 0 aliphatic heterocycles. The Morgan fingerprint density at radius 2 is 2.22 bits per heavy atom. The zero-order valence-electron chi connectivity index (χ0n) is 10.5. The van der Waals surface area contributed by atoms with Gasteiger partial charge in [0.2, 0.25) is 5.91 Å². The molecule has 0 spiro atoms. The first kappa shape index (κ1) is 13.2. The minimum absolute atomic E-state index is 0.0273. The van der Waals surface area contributed by atoms with Crippen LogP contribution in [0.2, 0.25) is 0 Å². The van der Waals surface area contributed by atoms with Crippen LogP contribution in [0.25, 0.3) is 0 Å². The van der Waals surface area contributed by atoms with Crippen molar-refractivity contribution in [2.45, 2.75) is 31.8 Å². The Balaban J connectivity index is 2.02. The lowest BCUT2D eigenvalue weighted by molar-refractivity contribution is -0.121. The van der Waals surface area contributed by atoms with Crippen LogP contribution >= 0.6 is 15.9 Å². The summed E-state index contributed by atoms with van der Waals surface area (Å²) >= 11 is 3.41. The highest BCUT2D eigenvalue weighted by Gasteiger charge is 2.25. The van der Waals surface area contributed by atoms with Gasteiger partial charge in [0, 0.05) is 10.5 Å². The quantitative estimate of drug-likeness (QED) is 0.878. The van der Waals surface area contributed by atoms with E-state index in [2.05, 4.69) is 26.6 Å². The van der Waals surface area contributed by atoms with E-state index in [1.165, 1.54) is 0 Å². The number of hydrogen-bond acceptors (Lipinski definition) is 3. The maximum absolute atomic E-state index is 11.9. The fourth-order valence-corrected chi connectivity index (χ4v) is 2.01. The molecular weight excluding hydrogens is 296 g/mol. The van der Waals surface area contributed by atoms with Crippen LogP contribution in [0.4, 0.5) is 5.69 Å². The summed E-state index contributed by atoms with van der Waals surface area (Å²) in [6.07, 6.45) is 2.19. The Morgan fingerprint density at radius 1 is 1.50 bits per heavy atom. The van der Waals surface area contributed by atoms with Gasteiger partial charge in [0.15, 0.2) is 0 Å². The number of halogens is 1. The van der Waals surface area contributed by atoms with Gasteiger partial charge in [0.05, 0.1) is 12.8 Å². The van der Waals surface area contributed by atoms with E-state index in [1.807, 2.05) is 25.1 Å². The largest absolute Gasteiger partial charge is 0.495 e. The highest BCUT2D eigenvalue weighted by atomic mass is 79.9. The highest BCUT2D eigenvalue weighted by molar-refractivity contribution is 9.10. The maximum atomic E-state index is 11.9. The molecule has 1 fully saturated rings. The number of methoxy groups -OCH3 is 1. The zero-order valence-corrected chi connectivity index (χ0v) is 12.1. The Hall–Kier alpha value is -1.23. The van der Waals surface area contributed by atoms with Gasteiger partial charge in [0.25, 0.3) is 0 Å². The molecule has 18 heavy (non-hydrogen) atoms. The van der Waals surface area contributed by atoms with Crippen molar-refractivity contribution in [1.29, 1.82) is 0 Å². The molecule has 4 nitrogen and oxygen atoms in total.